The SMILES string of the molecule is CCNC(=NCC1(N2CCCCC2)CCN(C)CC1)NCCCN(C(C)C)C(C)C. The number of aliphatic imine (C=N–C) groups is 1. The molecule has 0 unspecified atom stereocenters. The Morgan fingerprint density at radius 3 is 2.17 bits per heavy atom. The van der Waals surface area contributed by atoms with Crippen LogP contribution in [0.5, 0.6) is 0 Å². The molecule has 2 aliphatic heterocycles. The lowest BCUT2D eigenvalue weighted by Gasteiger charge is -2.49. The van der Waals surface area contributed by atoms with Gasteiger partial charge in [-0.1, -0.05) is 6.42 Å². The number of guanidine groups is 1. The van der Waals surface area contributed by atoms with Crippen molar-refractivity contribution in [3.8, 4) is 0 Å². The van der Waals surface area contributed by atoms with E-state index in [9.17, 15) is 0 Å². The normalized spacial score (nSPS) is 21.6. The van der Waals surface area contributed by atoms with Crippen molar-refractivity contribution in [3.63, 3.8) is 0 Å². The average Bonchev–Trinajstić information content (AvgIpc) is 2.73. The van der Waals surface area contributed by atoms with Crippen LogP contribution in [-0.2, 0) is 0 Å². The molecule has 2 heterocycles. The summed E-state index contributed by atoms with van der Waals surface area (Å²) in [4.78, 5) is 12.9. The van der Waals surface area contributed by atoms with Crippen LogP contribution in [0.15, 0.2) is 4.99 Å². The fourth-order valence-corrected chi connectivity index (χ4v) is 5.13. The summed E-state index contributed by atoms with van der Waals surface area (Å²) in [5.41, 5.74) is 0.251. The molecule has 0 bridgehead atoms. The molecule has 2 aliphatic rings. The van der Waals surface area contributed by atoms with Gasteiger partial charge in [0.1, 0.15) is 0 Å². The van der Waals surface area contributed by atoms with Crippen LogP contribution >= 0.6 is 0 Å². The summed E-state index contributed by atoms with van der Waals surface area (Å²) in [6.45, 7) is 20.1. The van der Waals surface area contributed by atoms with Crippen LogP contribution in [-0.4, -0.2) is 97.7 Å². The Morgan fingerprint density at radius 1 is 0.967 bits per heavy atom. The zero-order valence-corrected chi connectivity index (χ0v) is 20.8. The summed E-state index contributed by atoms with van der Waals surface area (Å²) in [7, 11) is 2.26. The lowest BCUT2D eigenvalue weighted by atomic mass is 9.84. The molecule has 0 saturated carbocycles. The van der Waals surface area contributed by atoms with Gasteiger partial charge in [0.2, 0.25) is 0 Å². The zero-order valence-electron chi connectivity index (χ0n) is 20.8. The van der Waals surface area contributed by atoms with Gasteiger partial charge < -0.3 is 15.5 Å². The molecule has 0 radical (unpaired) electrons. The number of rotatable bonds is 10. The lowest BCUT2D eigenvalue weighted by Crippen LogP contribution is -2.58. The quantitative estimate of drug-likeness (QED) is 0.322. The summed E-state index contributed by atoms with van der Waals surface area (Å²) in [6.07, 6.45) is 7.71. The smallest absolute Gasteiger partial charge is 0.191 e. The maximum atomic E-state index is 5.12. The highest BCUT2D eigenvalue weighted by atomic mass is 15.3. The van der Waals surface area contributed by atoms with Gasteiger partial charge in [0, 0.05) is 37.3 Å². The second-order valence-electron chi connectivity index (χ2n) is 9.98. The zero-order chi connectivity index (χ0) is 22.0. The van der Waals surface area contributed by atoms with Gasteiger partial charge in [0.15, 0.2) is 5.96 Å². The standard InChI is InChI=1S/C24H50N6/c1-7-25-23(26-14-11-17-30(21(2)3)22(4)5)27-20-24(12-18-28(6)19-13-24)29-15-9-8-10-16-29/h21-22H,7-20H2,1-6H3,(H2,25,26,27). The van der Waals surface area contributed by atoms with Crippen molar-refractivity contribution in [2.45, 2.75) is 90.8 Å². The molecule has 0 amide bonds. The van der Waals surface area contributed by atoms with Gasteiger partial charge in [0.25, 0.3) is 0 Å². The third kappa shape index (κ3) is 7.69. The van der Waals surface area contributed by atoms with Gasteiger partial charge in [-0.05, 0) is 99.9 Å². The van der Waals surface area contributed by atoms with Crippen molar-refractivity contribution in [3.05, 3.63) is 0 Å². The Balaban J connectivity index is 1.94. The maximum Gasteiger partial charge on any atom is 0.191 e. The number of nitrogens with zero attached hydrogens (tertiary/aromatic N) is 4. The van der Waals surface area contributed by atoms with E-state index >= 15 is 0 Å². The third-order valence-corrected chi connectivity index (χ3v) is 7.03. The topological polar surface area (TPSA) is 46.1 Å². The largest absolute Gasteiger partial charge is 0.357 e. The second-order valence-corrected chi connectivity index (χ2v) is 9.98. The third-order valence-electron chi connectivity index (χ3n) is 7.03. The van der Waals surface area contributed by atoms with Crippen molar-refractivity contribution in [2.24, 2.45) is 4.99 Å². The molecule has 176 valence electrons. The van der Waals surface area contributed by atoms with E-state index in [-0.39, 0.29) is 5.54 Å². The Hall–Kier alpha value is -0.850. The fraction of sp³-hybridized carbons (Fsp3) is 0.958. The van der Waals surface area contributed by atoms with Crippen molar-refractivity contribution < 1.29 is 0 Å². The van der Waals surface area contributed by atoms with Gasteiger partial charge in [-0.3, -0.25) is 14.8 Å². The molecule has 0 atom stereocenters. The summed E-state index contributed by atoms with van der Waals surface area (Å²) >= 11 is 0. The first-order valence-electron chi connectivity index (χ1n) is 12.6. The second kappa shape index (κ2) is 12.9. The first kappa shape index (κ1) is 25.4. The van der Waals surface area contributed by atoms with E-state index in [1.165, 1.54) is 58.3 Å². The van der Waals surface area contributed by atoms with E-state index in [0.717, 1.165) is 38.6 Å². The highest BCUT2D eigenvalue weighted by molar-refractivity contribution is 5.79. The number of likely N-dealkylation sites (tertiary alicyclic amines) is 2. The molecule has 0 spiro atoms. The molecule has 2 rings (SSSR count). The minimum atomic E-state index is 0.251. The first-order chi connectivity index (χ1) is 14.4. The predicted molar refractivity (Wildman–Crippen MR) is 130 cm³/mol. The van der Waals surface area contributed by atoms with E-state index in [1.54, 1.807) is 0 Å². The molecule has 0 aliphatic carbocycles. The molecular formula is C24H50N6. The molecule has 0 aromatic heterocycles. The Bertz CT molecular complexity index is 482. The van der Waals surface area contributed by atoms with Crippen LogP contribution in [0.2, 0.25) is 0 Å². The molecule has 6 nitrogen and oxygen atoms in total. The lowest BCUT2D eigenvalue weighted by molar-refractivity contribution is 0.0208. The Morgan fingerprint density at radius 2 is 1.60 bits per heavy atom. The van der Waals surface area contributed by atoms with Crippen LogP contribution in [0.1, 0.15) is 73.1 Å². The minimum absolute atomic E-state index is 0.251. The summed E-state index contributed by atoms with van der Waals surface area (Å²) in [5.74, 6) is 0.994. The number of hydrogen-bond donors (Lipinski definition) is 2. The molecular weight excluding hydrogens is 372 g/mol. The Labute approximate surface area is 186 Å². The summed E-state index contributed by atoms with van der Waals surface area (Å²) in [5, 5.41) is 7.09. The van der Waals surface area contributed by atoms with Crippen molar-refractivity contribution in [1.29, 1.82) is 0 Å². The van der Waals surface area contributed by atoms with Crippen molar-refractivity contribution in [2.75, 3.05) is 59.4 Å². The number of hydrogen-bond acceptors (Lipinski definition) is 4. The molecule has 2 saturated heterocycles. The van der Waals surface area contributed by atoms with Crippen LogP contribution in [0.4, 0.5) is 0 Å². The number of piperidine rings is 2. The first-order valence-corrected chi connectivity index (χ1v) is 12.6. The average molecular weight is 423 g/mol. The van der Waals surface area contributed by atoms with Gasteiger partial charge in [-0.25, -0.2) is 0 Å². The minimum Gasteiger partial charge on any atom is -0.357 e. The van der Waals surface area contributed by atoms with Crippen LogP contribution in [0.25, 0.3) is 0 Å². The fourth-order valence-electron chi connectivity index (χ4n) is 5.13. The van der Waals surface area contributed by atoms with Gasteiger partial charge >= 0.3 is 0 Å². The predicted octanol–water partition coefficient (Wildman–Crippen LogP) is 3.00. The van der Waals surface area contributed by atoms with Gasteiger partial charge in [0.05, 0.1) is 6.54 Å². The molecule has 6 heteroatoms. The molecule has 30 heavy (non-hydrogen) atoms. The molecule has 0 aromatic carbocycles. The highest BCUT2D eigenvalue weighted by Gasteiger charge is 2.39. The molecule has 2 fully saturated rings. The molecule has 0 aromatic rings. The van der Waals surface area contributed by atoms with Gasteiger partial charge in [-0.15, -0.1) is 0 Å². The summed E-state index contributed by atoms with van der Waals surface area (Å²) < 4.78 is 0. The van der Waals surface area contributed by atoms with E-state index in [4.69, 9.17) is 4.99 Å². The number of nitrogens with one attached hydrogen (secondary N) is 2. The van der Waals surface area contributed by atoms with E-state index in [2.05, 4.69) is 67.0 Å². The monoisotopic (exact) mass is 422 g/mol. The van der Waals surface area contributed by atoms with Gasteiger partial charge in [-0.2, -0.15) is 0 Å². The van der Waals surface area contributed by atoms with Crippen molar-refractivity contribution in [1.82, 2.24) is 25.3 Å². The van der Waals surface area contributed by atoms with Crippen LogP contribution in [0, 0.1) is 0 Å². The Kier molecular flexibility index (Phi) is 10.9. The summed E-state index contributed by atoms with van der Waals surface area (Å²) in [6, 6.07) is 1.20. The highest BCUT2D eigenvalue weighted by Crippen LogP contribution is 2.31. The van der Waals surface area contributed by atoms with E-state index < -0.39 is 0 Å². The van der Waals surface area contributed by atoms with Crippen LogP contribution < -0.4 is 10.6 Å². The van der Waals surface area contributed by atoms with Crippen molar-refractivity contribution >= 4 is 5.96 Å². The van der Waals surface area contributed by atoms with Crippen LogP contribution in [0.3, 0.4) is 0 Å². The van der Waals surface area contributed by atoms with E-state index in [1.807, 2.05) is 0 Å². The maximum absolute atomic E-state index is 5.12. The molecule has 2 N–H and O–H groups in total. The van der Waals surface area contributed by atoms with E-state index in [0.29, 0.717) is 12.1 Å².